The van der Waals surface area contributed by atoms with Crippen molar-refractivity contribution in [2.45, 2.75) is 19.3 Å². The zero-order valence-corrected chi connectivity index (χ0v) is 10.7. The van der Waals surface area contributed by atoms with E-state index in [2.05, 4.69) is 4.90 Å². The minimum atomic E-state index is -0.742. The van der Waals surface area contributed by atoms with E-state index in [4.69, 9.17) is 16.7 Å². The van der Waals surface area contributed by atoms with Crippen molar-refractivity contribution in [1.29, 1.82) is 0 Å². The third-order valence-corrected chi connectivity index (χ3v) is 3.73. The van der Waals surface area contributed by atoms with E-state index in [1.54, 1.807) is 6.92 Å². The minimum Gasteiger partial charge on any atom is -0.481 e. The second-order valence-electron chi connectivity index (χ2n) is 4.73. The molecule has 0 saturated heterocycles. The van der Waals surface area contributed by atoms with Crippen LogP contribution in [0, 0.1) is 5.92 Å². The number of anilines is 1. The fraction of sp³-hybridized carbons (Fsp3) is 0.462. The molecule has 1 aliphatic rings. The van der Waals surface area contributed by atoms with Crippen molar-refractivity contribution >= 4 is 23.3 Å². The first-order chi connectivity index (χ1) is 8.00. The van der Waals surface area contributed by atoms with Crippen molar-refractivity contribution in [3.05, 3.63) is 28.8 Å². The van der Waals surface area contributed by atoms with Gasteiger partial charge in [-0.2, -0.15) is 0 Å². The van der Waals surface area contributed by atoms with Crippen LogP contribution < -0.4 is 4.90 Å². The Kier molecular flexibility index (Phi) is 3.29. The Labute approximate surface area is 106 Å². The summed E-state index contributed by atoms with van der Waals surface area (Å²) in [4.78, 5) is 13.1. The Morgan fingerprint density at radius 3 is 3.00 bits per heavy atom. The van der Waals surface area contributed by atoms with Crippen LogP contribution >= 0.6 is 11.6 Å². The highest BCUT2D eigenvalue weighted by molar-refractivity contribution is 6.32. The first-order valence-electron chi connectivity index (χ1n) is 5.73. The molecule has 4 heteroatoms. The highest BCUT2D eigenvalue weighted by atomic mass is 35.5. The van der Waals surface area contributed by atoms with Gasteiger partial charge in [-0.15, -0.1) is 0 Å². The van der Waals surface area contributed by atoms with Crippen molar-refractivity contribution in [1.82, 2.24) is 0 Å². The Balaban J connectivity index is 2.27. The van der Waals surface area contributed by atoms with E-state index in [1.165, 1.54) is 0 Å². The number of hydrogen-bond donors (Lipinski definition) is 1. The molecule has 2 unspecified atom stereocenters. The monoisotopic (exact) mass is 253 g/mol. The number of carbonyl (C=O) groups is 1. The number of carboxylic acids is 1. The van der Waals surface area contributed by atoms with Gasteiger partial charge in [0.2, 0.25) is 0 Å². The summed E-state index contributed by atoms with van der Waals surface area (Å²) in [5, 5.41) is 9.72. The molecule has 3 nitrogen and oxygen atoms in total. The molecule has 0 spiro atoms. The minimum absolute atomic E-state index is 0.217. The summed E-state index contributed by atoms with van der Waals surface area (Å²) >= 11 is 6.22. The molecule has 2 atom stereocenters. The average Bonchev–Trinajstić information content (AvgIpc) is 2.57. The molecule has 0 saturated carbocycles. The number of nitrogens with zero attached hydrogens (tertiary/aromatic N) is 1. The third kappa shape index (κ3) is 2.25. The fourth-order valence-electron chi connectivity index (χ4n) is 2.50. The molecule has 0 radical (unpaired) electrons. The predicted molar refractivity (Wildman–Crippen MR) is 68.9 cm³/mol. The molecule has 0 fully saturated rings. The fourth-order valence-corrected chi connectivity index (χ4v) is 2.83. The summed E-state index contributed by atoms with van der Waals surface area (Å²) in [7, 11) is 2.01. The van der Waals surface area contributed by atoms with Crippen molar-refractivity contribution in [3.63, 3.8) is 0 Å². The number of benzene rings is 1. The molecular formula is C13H16ClNO2. The van der Waals surface area contributed by atoms with Gasteiger partial charge in [0.25, 0.3) is 0 Å². The molecule has 0 amide bonds. The van der Waals surface area contributed by atoms with E-state index >= 15 is 0 Å². The van der Waals surface area contributed by atoms with E-state index in [0.29, 0.717) is 6.42 Å². The van der Waals surface area contributed by atoms with Crippen LogP contribution in [0.15, 0.2) is 18.2 Å². The van der Waals surface area contributed by atoms with Gasteiger partial charge in [-0.3, -0.25) is 4.79 Å². The number of halogens is 1. The number of carboxylic acid groups (broad SMARTS) is 1. The van der Waals surface area contributed by atoms with Crippen LogP contribution in [0.3, 0.4) is 0 Å². The van der Waals surface area contributed by atoms with Crippen LogP contribution in [-0.4, -0.2) is 24.7 Å². The van der Waals surface area contributed by atoms with Crippen LogP contribution in [0.4, 0.5) is 5.69 Å². The van der Waals surface area contributed by atoms with E-state index in [0.717, 1.165) is 22.8 Å². The SMILES string of the molecule is CC(CC1CN(C)c2cccc(Cl)c21)C(=O)O. The van der Waals surface area contributed by atoms with Crippen LogP contribution in [0.5, 0.6) is 0 Å². The lowest BCUT2D eigenvalue weighted by Crippen LogP contribution is -2.19. The van der Waals surface area contributed by atoms with Gasteiger partial charge >= 0.3 is 5.97 Å². The van der Waals surface area contributed by atoms with E-state index in [1.807, 2.05) is 25.2 Å². The normalized spacial score (nSPS) is 20.2. The average molecular weight is 254 g/mol. The van der Waals surface area contributed by atoms with Gasteiger partial charge in [-0.05, 0) is 24.1 Å². The molecule has 1 aromatic carbocycles. The molecule has 1 aromatic rings. The molecule has 0 aliphatic carbocycles. The summed E-state index contributed by atoms with van der Waals surface area (Å²) in [5.74, 6) is -0.862. The molecule has 2 rings (SSSR count). The predicted octanol–water partition coefficient (Wildman–Crippen LogP) is 2.98. The van der Waals surface area contributed by atoms with Gasteiger partial charge in [0.15, 0.2) is 0 Å². The number of aliphatic carboxylic acids is 1. The molecule has 1 aliphatic heterocycles. The van der Waals surface area contributed by atoms with Crippen LogP contribution in [0.2, 0.25) is 5.02 Å². The molecule has 17 heavy (non-hydrogen) atoms. The van der Waals surface area contributed by atoms with Gasteiger partial charge in [0.1, 0.15) is 0 Å². The van der Waals surface area contributed by atoms with E-state index in [-0.39, 0.29) is 11.8 Å². The van der Waals surface area contributed by atoms with Crippen LogP contribution in [0.25, 0.3) is 0 Å². The molecule has 0 bridgehead atoms. The zero-order chi connectivity index (χ0) is 12.6. The van der Waals surface area contributed by atoms with Crippen molar-refractivity contribution in [2.24, 2.45) is 5.92 Å². The van der Waals surface area contributed by atoms with Gasteiger partial charge in [0, 0.05) is 30.2 Å². The number of fused-ring (bicyclic) bond motifs is 1. The van der Waals surface area contributed by atoms with Gasteiger partial charge in [-0.1, -0.05) is 24.6 Å². The van der Waals surface area contributed by atoms with Gasteiger partial charge in [0.05, 0.1) is 5.92 Å². The van der Waals surface area contributed by atoms with Crippen molar-refractivity contribution in [2.75, 3.05) is 18.5 Å². The molecule has 1 heterocycles. The maximum Gasteiger partial charge on any atom is 0.306 e. The van der Waals surface area contributed by atoms with Gasteiger partial charge < -0.3 is 10.0 Å². The lowest BCUT2D eigenvalue weighted by molar-refractivity contribution is -0.141. The van der Waals surface area contributed by atoms with Gasteiger partial charge in [-0.25, -0.2) is 0 Å². The summed E-state index contributed by atoms with van der Waals surface area (Å²) in [6, 6.07) is 5.84. The maximum atomic E-state index is 10.9. The zero-order valence-electron chi connectivity index (χ0n) is 9.98. The van der Waals surface area contributed by atoms with E-state index in [9.17, 15) is 4.79 Å². The summed E-state index contributed by atoms with van der Waals surface area (Å²) in [5.41, 5.74) is 2.23. The summed E-state index contributed by atoms with van der Waals surface area (Å²) in [6.07, 6.45) is 0.635. The Morgan fingerprint density at radius 2 is 2.35 bits per heavy atom. The highest BCUT2D eigenvalue weighted by Crippen LogP contribution is 2.42. The summed E-state index contributed by atoms with van der Waals surface area (Å²) in [6.45, 7) is 2.59. The Morgan fingerprint density at radius 1 is 1.65 bits per heavy atom. The largest absolute Gasteiger partial charge is 0.481 e. The number of hydrogen-bond acceptors (Lipinski definition) is 2. The summed E-state index contributed by atoms with van der Waals surface area (Å²) < 4.78 is 0. The highest BCUT2D eigenvalue weighted by Gasteiger charge is 2.30. The van der Waals surface area contributed by atoms with E-state index < -0.39 is 5.97 Å². The second-order valence-corrected chi connectivity index (χ2v) is 5.13. The maximum absolute atomic E-state index is 10.9. The second kappa shape index (κ2) is 4.57. The lowest BCUT2D eigenvalue weighted by Gasteiger charge is -2.15. The molecular weight excluding hydrogens is 238 g/mol. The molecule has 92 valence electrons. The lowest BCUT2D eigenvalue weighted by atomic mass is 9.91. The van der Waals surface area contributed by atoms with Crippen LogP contribution in [-0.2, 0) is 4.79 Å². The third-order valence-electron chi connectivity index (χ3n) is 3.40. The Bertz CT molecular complexity index is 447. The van der Waals surface area contributed by atoms with Crippen molar-refractivity contribution in [3.8, 4) is 0 Å². The van der Waals surface area contributed by atoms with Crippen LogP contribution in [0.1, 0.15) is 24.8 Å². The first-order valence-corrected chi connectivity index (χ1v) is 6.11. The number of likely N-dealkylation sites (N-methyl/N-ethyl adjacent to an activating group) is 1. The van der Waals surface area contributed by atoms with Crippen molar-refractivity contribution < 1.29 is 9.90 Å². The quantitative estimate of drug-likeness (QED) is 0.900. The Hall–Kier alpha value is -1.22. The first kappa shape index (κ1) is 12.2. The molecule has 1 N–H and O–H groups in total. The smallest absolute Gasteiger partial charge is 0.306 e. The number of rotatable bonds is 3. The standard InChI is InChI=1S/C13H16ClNO2/c1-8(13(16)17)6-9-7-15(2)11-5-3-4-10(14)12(9)11/h3-5,8-9H,6-7H2,1-2H3,(H,16,17). The molecule has 0 aromatic heterocycles. The topological polar surface area (TPSA) is 40.5 Å².